The number of fused-ring (bicyclic) bond motifs is 1. The quantitative estimate of drug-likeness (QED) is 0.504. The maximum absolute atomic E-state index is 6.17. The van der Waals surface area contributed by atoms with Gasteiger partial charge in [0.2, 0.25) is 0 Å². The van der Waals surface area contributed by atoms with Crippen LogP contribution in [0.15, 0.2) is 78.9 Å². The fraction of sp³-hybridized carbons (Fsp3) is 0.379. The van der Waals surface area contributed by atoms with Crippen molar-refractivity contribution >= 4 is 0 Å². The Hall–Kier alpha value is -2.42. The lowest BCUT2D eigenvalue weighted by atomic mass is 9.70. The molecule has 0 bridgehead atoms. The second-order valence-electron chi connectivity index (χ2n) is 9.38. The highest BCUT2D eigenvalue weighted by Crippen LogP contribution is 2.41. The first-order valence-electron chi connectivity index (χ1n) is 11.8. The molecule has 2 heteroatoms. The summed E-state index contributed by atoms with van der Waals surface area (Å²) >= 11 is 0. The Labute approximate surface area is 186 Å². The van der Waals surface area contributed by atoms with E-state index in [0.717, 1.165) is 26.2 Å². The molecule has 5 rings (SSSR count). The number of hydrogen-bond donors (Lipinski definition) is 0. The summed E-state index contributed by atoms with van der Waals surface area (Å²) in [6.45, 7) is 7.19. The molecule has 0 N–H and O–H groups in total. The van der Waals surface area contributed by atoms with Crippen LogP contribution in [0, 0.1) is 6.92 Å². The van der Waals surface area contributed by atoms with Gasteiger partial charge in [0, 0.05) is 5.41 Å². The van der Waals surface area contributed by atoms with Crippen LogP contribution in [0.3, 0.4) is 0 Å². The Kier molecular flexibility index (Phi) is 5.93. The lowest BCUT2D eigenvalue weighted by molar-refractivity contribution is 0.0561. The van der Waals surface area contributed by atoms with E-state index in [4.69, 9.17) is 4.74 Å². The maximum atomic E-state index is 6.17. The maximum Gasteiger partial charge on any atom is 0.0720 e. The first-order chi connectivity index (χ1) is 15.2. The van der Waals surface area contributed by atoms with Gasteiger partial charge < -0.3 is 9.64 Å². The van der Waals surface area contributed by atoms with Crippen LogP contribution in [0.2, 0.25) is 0 Å². The van der Waals surface area contributed by atoms with Gasteiger partial charge in [0.1, 0.15) is 0 Å². The first-order valence-corrected chi connectivity index (χ1v) is 11.8. The summed E-state index contributed by atoms with van der Waals surface area (Å²) in [4.78, 5) is 2.67. The zero-order chi connectivity index (χ0) is 21.1. The van der Waals surface area contributed by atoms with Crippen molar-refractivity contribution in [2.45, 2.75) is 44.1 Å². The molecule has 0 aromatic heterocycles. The number of likely N-dealkylation sites (tertiary alicyclic amines) is 1. The molecule has 1 saturated heterocycles. The lowest BCUT2D eigenvalue weighted by Crippen LogP contribution is -2.42. The fourth-order valence-corrected chi connectivity index (χ4v) is 5.64. The highest BCUT2D eigenvalue weighted by atomic mass is 16.5. The van der Waals surface area contributed by atoms with E-state index < -0.39 is 0 Å². The van der Waals surface area contributed by atoms with E-state index in [-0.39, 0.29) is 5.41 Å². The molecule has 3 aromatic rings. The molecule has 31 heavy (non-hydrogen) atoms. The summed E-state index contributed by atoms with van der Waals surface area (Å²) in [6.07, 6.45) is 3.62. The third kappa shape index (κ3) is 4.20. The molecule has 1 unspecified atom stereocenters. The van der Waals surface area contributed by atoms with Crippen LogP contribution in [0.1, 0.15) is 53.0 Å². The average molecular weight is 412 g/mol. The SMILES string of the molecule is Cc1cccc(C2CCN(CCC3(c4ccccc4)COCc4ccccc43)CC2)c1. The molecule has 2 heterocycles. The average Bonchev–Trinajstić information content (AvgIpc) is 2.83. The van der Waals surface area contributed by atoms with Gasteiger partial charge >= 0.3 is 0 Å². The first kappa shape index (κ1) is 20.5. The number of hydrogen-bond acceptors (Lipinski definition) is 2. The largest absolute Gasteiger partial charge is 0.375 e. The normalized spacial score (nSPS) is 22.2. The van der Waals surface area contributed by atoms with Crippen molar-refractivity contribution in [3.63, 3.8) is 0 Å². The predicted octanol–water partition coefficient (Wildman–Crippen LogP) is 6.08. The van der Waals surface area contributed by atoms with E-state index in [2.05, 4.69) is 90.7 Å². The van der Waals surface area contributed by atoms with E-state index >= 15 is 0 Å². The van der Waals surface area contributed by atoms with Crippen LogP contribution in [-0.4, -0.2) is 31.1 Å². The number of ether oxygens (including phenoxy) is 1. The van der Waals surface area contributed by atoms with Crippen molar-refractivity contribution in [1.82, 2.24) is 4.90 Å². The summed E-state index contributed by atoms with van der Waals surface area (Å²) in [6, 6.07) is 29.0. The molecule has 2 aliphatic rings. The van der Waals surface area contributed by atoms with Gasteiger partial charge in [-0.15, -0.1) is 0 Å². The van der Waals surface area contributed by atoms with Gasteiger partial charge in [-0.1, -0.05) is 84.4 Å². The van der Waals surface area contributed by atoms with Crippen molar-refractivity contribution < 1.29 is 4.74 Å². The zero-order valence-corrected chi connectivity index (χ0v) is 18.6. The summed E-state index contributed by atoms with van der Waals surface area (Å²) in [7, 11) is 0. The van der Waals surface area contributed by atoms with E-state index in [1.54, 1.807) is 0 Å². The highest BCUT2D eigenvalue weighted by Gasteiger charge is 2.39. The van der Waals surface area contributed by atoms with Crippen molar-refractivity contribution in [2.75, 3.05) is 26.2 Å². The van der Waals surface area contributed by atoms with Crippen molar-refractivity contribution in [1.29, 1.82) is 0 Å². The van der Waals surface area contributed by atoms with Gasteiger partial charge in [-0.25, -0.2) is 0 Å². The van der Waals surface area contributed by atoms with Gasteiger partial charge in [-0.2, -0.15) is 0 Å². The number of aryl methyl sites for hydroxylation is 1. The monoisotopic (exact) mass is 411 g/mol. The number of piperidine rings is 1. The second-order valence-corrected chi connectivity index (χ2v) is 9.38. The highest BCUT2D eigenvalue weighted by molar-refractivity contribution is 5.45. The van der Waals surface area contributed by atoms with Crippen LogP contribution in [0.25, 0.3) is 0 Å². The number of rotatable bonds is 5. The van der Waals surface area contributed by atoms with Gasteiger partial charge in [0.15, 0.2) is 0 Å². The number of benzene rings is 3. The molecule has 2 aliphatic heterocycles. The fourth-order valence-electron chi connectivity index (χ4n) is 5.64. The summed E-state index contributed by atoms with van der Waals surface area (Å²) < 4.78 is 6.17. The molecule has 160 valence electrons. The lowest BCUT2D eigenvalue weighted by Gasteiger charge is -2.42. The topological polar surface area (TPSA) is 12.5 Å². The van der Waals surface area contributed by atoms with Crippen molar-refractivity contribution in [3.05, 3.63) is 107 Å². The van der Waals surface area contributed by atoms with Gasteiger partial charge in [0.25, 0.3) is 0 Å². The smallest absolute Gasteiger partial charge is 0.0720 e. The van der Waals surface area contributed by atoms with E-state index in [1.807, 2.05) is 0 Å². The van der Waals surface area contributed by atoms with E-state index in [1.165, 1.54) is 53.7 Å². The molecule has 0 radical (unpaired) electrons. The van der Waals surface area contributed by atoms with Crippen molar-refractivity contribution in [2.24, 2.45) is 0 Å². The van der Waals surface area contributed by atoms with Crippen LogP contribution < -0.4 is 0 Å². The minimum Gasteiger partial charge on any atom is -0.375 e. The number of nitrogens with zero attached hydrogens (tertiary/aromatic N) is 1. The molecule has 0 amide bonds. The molecule has 1 fully saturated rings. The van der Waals surface area contributed by atoms with E-state index in [0.29, 0.717) is 5.92 Å². The Morgan fingerprint density at radius 2 is 1.68 bits per heavy atom. The van der Waals surface area contributed by atoms with Gasteiger partial charge in [-0.3, -0.25) is 0 Å². The molecule has 2 nitrogen and oxygen atoms in total. The minimum atomic E-state index is -0.0521. The van der Waals surface area contributed by atoms with Gasteiger partial charge in [0.05, 0.1) is 13.2 Å². The summed E-state index contributed by atoms with van der Waals surface area (Å²) in [5.41, 5.74) is 7.04. The predicted molar refractivity (Wildman–Crippen MR) is 128 cm³/mol. The third-order valence-corrected chi connectivity index (χ3v) is 7.42. The van der Waals surface area contributed by atoms with Crippen LogP contribution >= 0.6 is 0 Å². The second kappa shape index (κ2) is 8.98. The molecule has 1 atom stereocenters. The van der Waals surface area contributed by atoms with Crippen LogP contribution in [-0.2, 0) is 16.8 Å². The summed E-state index contributed by atoms with van der Waals surface area (Å²) in [5.74, 6) is 0.706. The standard InChI is InChI=1S/C29H33NO/c1-23-8-7-10-25(20-23)24-14-17-30(18-15-24)19-16-29(27-11-3-2-4-12-27)22-31-21-26-9-5-6-13-28(26)29/h2-13,20,24H,14-19,21-22H2,1H3. The zero-order valence-electron chi connectivity index (χ0n) is 18.6. The Morgan fingerprint density at radius 3 is 2.48 bits per heavy atom. The van der Waals surface area contributed by atoms with Gasteiger partial charge in [-0.05, 0) is 74.0 Å². The van der Waals surface area contributed by atoms with Crippen molar-refractivity contribution in [3.8, 4) is 0 Å². The molecular weight excluding hydrogens is 378 g/mol. The molecule has 3 aromatic carbocycles. The van der Waals surface area contributed by atoms with E-state index in [9.17, 15) is 0 Å². The Bertz CT molecular complexity index is 1010. The molecule has 0 aliphatic carbocycles. The molecular formula is C29H33NO. The molecule has 0 saturated carbocycles. The Balaban J connectivity index is 1.32. The third-order valence-electron chi connectivity index (χ3n) is 7.42. The van der Waals surface area contributed by atoms with Crippen LogP contribution in [0.5, 0.6) is 0 Å². The Morgan fingerprint density at radius 1 is 0.903 bits per heavy atom. The molecule has 0 spiro atoms. The summed E-state index contributed by atoms with van der Waals surface area (Å²) in [5, 5.41) is 0. The van der Waals surface area contributed by atoms with Crippen LogP contribution in [0.4, 0.5) is 0 Å². The minimum absolute atomic E-state index is 0.0521.